The van der Waals surface area contributed by atoms with E-state index < -0.39 is 18.0 Å². The van der Waals surface area contributed by atoms with Crippen molar-refractivity contribution in [1.29, 1.82) is 0 Å². The summed E-state index contributed by atoms with van der Waals surface area (Å²) in [7, 11) is 0. The van der Waals surface area contributed by atoms with Gasteiger partial charge in [0.05, 0.1) is 42.1 Å². The summed E-state index contributed by atoms with van der Waals surface area (Å²) in [5, 5.41) is 12.0. The van der Waals surface area contributed by atoms with Crippen LogP contribution in [0.2, 0.25) is 0 Å². The van der Waals surface area contributed by atoms with E-state index in [-0.39, 0.29) is 24.9 Å². The van der Waals surface area contributed by atoms with E-state index in [1.165, 1.54) is 22.3 Å². The van der Waals surface area contributed by atoms with Gasteiger partial charge in [-0.15, -0.1) is 16.4 Å². The van der Waals surface area contributed by atoms with E-state index in [1.807, 2.05) is 4.90 Å². The van der Waals surface area contributed by atoms with E-state index in [0.717, 1.165) is 0 Å². The molecule has 1 aromatic carbocycles. The molecule has 1 N–H and O–H groups in total. The number of ether oxygens (including phenoxy) is 1. The highest BCUT2D eigenvalue weighted by molar-refractivity contribution is 7.12. The van der Waals surface area contributed by atoms with Gasteiger partial charge < -0.3 is 19.9 Å². The molecule has 0 bridgehead atoms. The van der Waals surface area contributed by atoms with Crippen molar-refractivity contribution in [3.05, 3.63) is 58.8 Å². The molecule has 2 saturated heterocycles. The van der Waals surface area contributed by atoms with Crippen LogP contribution in [0.3, 0.4) is 0 Å². The molecule has 2 aromatic heterocycles. The largest absolute Gasteiger partial charge is 0.442 e. The lowest BCUT2D eigenvalue weighted by Crippen LogP contribution is -2.51. The van der Waals surface area contributed by atoms with Crippen molar-refractivity contribution in [2.45, 2.75) is 12.6 Å². The lowest BCUT2D eigenvalue weighted by Gasteiger charge is -2.36. The van der Waals surface area contributed by atoms with Crippen molar-refractivity contribution in [1.82, 2.24) is 25.2 Å². The predicted molar refractivity (Wildman–Crippen MR) is 129 cm³/mol. The minimum atomic E-state index is -0.537. The number of amides is 3. The number of nitrogens with one attached hydrogen (secondary N) is 1. The number of thiophene rings is 1. The molecule has 0 radical (unpaired) electrons. The van der Waals surface area contributed by atoms with Crippen molar-refractivity contribution in [2.75, 3.05) is 49.1 Å². The van der Waals surface area contributed by atoms with Gasteiger partial charge in [0.25, 0.3) is 5.91 Å². The van der Waals surface area contributed by atoms with Crippen LogP contribution in [0.1, 0.15) is 9.67 Å². The maximum Gasteiger partial charge on any atom is 0.414 e. The number of carbonyl (C=O) groups excluding carboxylic acids is 3. The summed E-state index contributed by atoms with van der Waals surface area (Å²) in [6, 6.07) is 8.14. The van der Waals surface area contributed by atoms with Gasteiger partial charge in [-0.2, -0.15) is 0 Å². The molecular formula is C23H24FN7O4S. The molecule has 3 aromatic rings. The van der Waals surface area contributed by atoms with Crippen LogP contribution in [-0.4, -0.2) is 83.2 Å². The van der Waals surface area contributed by atoms with E-state index in [0.29, 0.717) is 49.0 Å². The molecule has 36 heavy (non-hydrogen) atoms. The van der Waals surface area contributed by atoms with E-state index in [9.17, 15) is 14.4 Å². The Kier molecular flexibility index (Phi) is 6.80. The van der Waals surface area contributed by atoms with Gasteiger partial charge in [-0.3, -0.25) is 14.5 Å². The number of nitrogens with zero attached hydrogens (tertiary/aromatic N) is 6. The summed E-state index contributed by atoms with van der Waals surface area (Å²) < 4.78 is 22.0. The van der Waals surface area contributed by atoms with Gasteiger partial charge in [-0.25, -0.2) is 13.9 Å². The van der Waals surface area contributed by atoms with Gasteiger partial charge in [0.15, 0.2) is 0 Å². The van der Waals surface area contributed by atoms with Crippen LogP contribution in [-0.2, 0) is 16.1 Å². The molecule has 2 aliphatic rings. The van der Waals surface area contributed by atoms with Crippen LogP contribution in [0.4, 0.5) is 20.6 Å². The number of hydrogen-bond acceptors (Lipinski definition) is 8. The predicted octanol–water partition coefficient (Wildman–Crippen LogP) is 1.58. The molecule has 188 valence electrons. The minimum Gasteiger partial charge on any atom is -0.442 e. The second kappa shape index (κ2) is 10.3. The Bertz CT molecular complexity index is 1230. The topological polar surface area (TPSA) is 113 Å². The van der Waals surface area contributed by atoms with E-state index in [1.54, 1.807) is 51.6 Å². The zero-order chi connectivity index (χ0) is 25.1. The second-order valence-electron chi connectivity index (χ2n) is 8.40. The minimum absolute atomic E-state index is 0.0797. The Balaban J connectivity index is 1.14. The molecular weight excluding hydrogens is 489 g/mol. The number of cyclic esters (lactones) is 1. The smallest absolute Gasteiger partial charge is 0.414 e. The number of halogens is 1. The van der Waals surface area contributed by atoms with Crippen LogP contribution < -0.4 is 15.1 Å². The molecule has 1 atom stereocenters. The van der Waals surface area contributed by atoms with Gasteiger partial charge in [0.2, 0.25) is 5.91 Å². The Morgan fingerprint density at radius 3 is 2.72 bits per heavy atom. The summed E-state index contributed by atoms with van der Waals surface area (Å²) in [6.07, 6.45) is 2.27. The zero-order valence-electron chi connectivity index (χ0n) is 19.2. The molecule has 13 heteroatoms. The van der Waals surface area contributed by atoms with Crippen LogP contribution in [0.5, 0.6) is 0 Å². The third-order valence-corrected chi connectivity index (χ3v) is 6.97. The van der Waals surface area contributed by atoms with Gasteiger partial charge in [0.1, 0.15) is 11.9 Å². The Morgan fingerprint density at radius 2 is 2.03 bits per heavy atom. The highest BCUT2D eigenvalue weighted by Crippen LogP contribution is 2.29. The fourth-order valence-corrected chi connectivity index (χ4v) is 4.89. The van der Waals surface area contributed by atoms with Crippen molar-refractivity contribution in [3.8, 4) is 0 Å². The maximum absolute atomic E-state index is 15.0. The fourth-order valence-electron chi connectivity index (χ4n) is 4.25. The number of anilines is 2. The molecule has 0 spiro atoms. The lowest BCUT2D eigenvalue weighted by atomic mass is 10.2. The molecule has 0 unspecified atom stereocenters. The van der Waals surface area contributed by atoms with Crippen molar-refractivity contribution in [3.63, 3.8) is 0 Å². The van der Waals surface area contributed by atoms with E-state index in [4.69, 9.17) is 4.74 Å². The van der Waals surface area contributed by atoms with Gasteiger partial charge >= 0.3 is 6.09 Å². The lowest BCUT2D eigenvalue weighted by molar-refractivity contribution is -0.130. The molecule has 4 heterocycles. The number of hydrogen-bond donors (Lipinski definition) is 1. The first kappa shape index (κ1) is 23.7. The third-order valence-electron chi connectivity index (χ3n) is 6.10. The summed E-state index contributed by atoms with van der Waals surface area (Å²) in [5.41, 5.74) is 0.821. The monoisotopic (exact) mass is 513 g/mol. The Labute approximate surface area is 210 Å². The van der Waals surface area contributed by atoms with E-state index >= 15 is 4.39 Å². The summed E-state index contributed by atoms with van der Waals surface area (Å²) in [6.45, 7) is 2.29. The molecule has 2 fully saturated rings. The molecule has 0 aliphatic carbocycles. The number of rotatable bonds is 7. The number of carbonyl (C=O) groups is 3. The van der Waals surface area contributed by atoms with Crippen LogP contribution >= 0.6 is 11.3 Å². The zero-order valence-corrected chi connectivity index (χ0v) is 20.1. The SMILES string of the molecule is O=C(NCC(=O)N1CCN(c2ccc(N3C[C@H](Cn4ccnn4)OC3=O)cc2F)CC1)c1cccs1. The van der Waals surface area contributed by atoms with Crippen LogP contribution in [0.15, 0.2) is 48.1 Å². The summed E-state index contributed by atoms with van der Waals surface area (Å²) in [4.78, 5) is 42.3. The first-order valence-corrected chi connectivity index (χ1v) is 12.3. The van der Waals surface area contributed by atoms with Crippen molar-refractivity contribution in [2.24, 2.45) is 0 Å². The van der Waals surface area contributed by atoms with Crippen LogP contribution in [0.25, 0.3) is 0 Å². The molecule has 3 amide bonds. The second-order valence-corrected chi connectivity index (χ2v) is 9.35. The summed E-state index contributed by atoms with van der Waals surface area (Å²) in [5.74, 6) is -0.905. The quantitative estimate of drug-likeness (QED) is 0.511. The fraction of sp³-hybridized carbons (Fsp3) is 0.348. The number of aromatic nitrogens is 3. The molecule has 0 saturated carbocycles. The first-order chi connectivity index (χ1) is 17.5. The average molecular weight is 514 g/mol. The standard InChI is InChI=1S/C23H24FN7O4S/c24-18-12-16(31-15-17(35-23(31)34)14-30-6-5-26-27-30)3-4-19(18)28-7-9-29(10-8-28)21(32)13-25-22(33)20-2-1-11-36-20/h1-6,11-12,17H,7-10,13-15H2,(H,25,33)/t17-/m0/s1. The van der Waals surface area contributed by atoms with Gasteiger partial charge in [-0.05, 0) is 29.6 Å². The van der Waals surface area contributed by atoms with Crippen molar-refractivity contribution >= 4 is 40.6 Å². The number of benzene rings is 1. The highest BCUT2D eigenvalue weighted by atomic mass is 32.1. The Hall–Kier alpha value is -4.00. The molecule has 11 nitrogen and oxygen atoms in total. The van der Waals surface area contributed by atoms with Crippen LogP contribution in [0, 0.1) is 5.82 Å². The van der Waals surface area contributed by atoms with Gasteiger partial charge in [0, 0.05) is 32.4 Å². The average Bonchev–Trinajstić information content (AvgIpc) is 3.66. The molecule has 2 aliphatic heterocycles. The van der Waals surface area contributed by atoms with Crippen molar-refractivity contribution < 1.29 is 23.5 Å². The summed E-state index contributed by atoms with van der Waals surface area (Å²) >= 11 is 1.31. The van der Waals surface area contributed by atoms with E-state index in [2.05, 4.69) is 15.6 Å². The first-order valence-electron chi connectivity index (χ1n) is 11.4. The number of piperazine rings is 1. The maximum atomic E-state index is 15.0. The van der Waals surface area contributed by atoms with Gasteiger partial charge in [-0.1, -0.05) is 11.3 Å². The third kappa shape index (κ3) is 5.15. The molecule has 5 rings (SSSR count). The highest BCUT2D eigenvalue weighted by Gasteiger charge is 2.33. The Morgan fingerprint density at radius 1 is 1.19 bits per heavy atom. The normalized spacial score (nSPS) is 17.9.